The molecule has 15 heavy (non-hydrogen) atoms. The molecule has 0 aromatic heterocycles. The van der Waals surface area contributed by atoms with Crippen LogP contribution in [0.15, 0.2) is 0 Å². The molecule has 88 valence electrons. The summed E-state index contributed by atoms with van der Waals surface area (Å²) in [5.41, 5.74) is 0. The van der Waals surface area contributed by atoms with Crippen molar-refractivity contribution in [2.45, 2.75) is 52.1 Å². The summed E-state index contributed by atoms with van der Waals surface area (Å²) in [6.45, 7) is 9.16. The van der Waals surface area contributed by atoms with Gasteiger partial charge in [-0.25, -0.2) is 0 Å². The van der Waals surface area contributed by atoms with Crippen molar-refractivity contribution in [3.63, 3.8) is 0 Å². The van der Waals surface area contributed by atoms with Crippen LogP contribution in [-0.4, -0.2) is 42.4 Å². The number of carbonyl (C=O) groups is 1. The lowest BCUT2D eigenvalue weighted by molar-refractivity contribution is -0.122. The molecule has 3 heteroatoms. The summed E-state index contributed by atoms with van der Waals surface area (Å²) in [4.78, 5) is 13.8. The molecule has 3 nitrogen and oxygen atoms in total. The number of hydrogen-bond acceptors (Lipinski definition) is 3. The van der Waals surface area contributed by atoms with Gasteiger partial charge in [0, 0.05) is 6.04 Å². The maximum absolute atomic E-state index is 11.4. The lowest BCUT2D eigenvalue weighted by Gasteiger charge is -2.37. The summed E-state index contributed by atoms with van der Waals surface area (Å²) in [7, 11) is 0. The molecule has 1 atom stereocenters. The van der Waals surface area contributed by atoms with Crippen LogP contribution in [0.4, 0.5) is 0 Å². The smallest absolute Gasteiger partial charge is 0.146 e. The zero-order valence-corrected chi connectivity index (χ0v) is 10.3. The Bertz CT molecular complexity index is 200. The maximum atomic E-state index is 11.4. The van der Waals surface area contributed by atoms with Crippen molar-refractivity contribution in [3.8, 4) is 0 Å². The van der Waals surface area contributed by atoms with E-state index in [0.717, 1.165) is 26.1 Å². The summed E-state index contributed by atoms with van der Waals surface area (Å²) in [5.74, 6) is 0.294. The molecule has 1 heterocycles. The number of hydrogen-bond donors (Lipinski definition) is 1. The normalized spacial score (nSPS) is 20.5. The second kappa shape index (κ2) is 6.23. The molecule has 1 N–H and O–H groups in total. The molecule has 0 bridgehead atoms. The van der Waals surface area contributed by atoms with Crippen LogP contribution in [0.5, 0.6) is 0 Å². The van der Waals surface area contributed by atoms with Crippen molar-refractivity contribution in [1.29, 1.82) is 0 Å². The minimum atomic E-state index is 0.0908. The summed E-state index contributed by atoms with van der Waals surface area (Å²) < 4.78 is 0. The molecule has 0 amide bonds. The molecule has 0 aliphatic carbocycles. The molecule has 1 saturated heterocycles. The molecule has 0 spiro atoms. The van der Waals surface area contributed by atoms with Crippen molar-refractivity contribution in [2.75, 3.05) is 19.6 Å². The van der Waals surface area contributed by atoms with Crippen LogP contribution in [0.25, 0.3) is 0 Å². The average Bonchev–Trinajstić information content (AvgIpc) is 2.26. The van der Waals surface area contributed by atoms with Crippen LogP contribution in [0.2, 0.25) is 0 Å². The van der Waals surface area contributed by atoms with E-state index in [2.05, 4.69) is 17.1 Å². The van der Waals surface area contributed by atoms with Gasteiger partial charge in [0.05, 0.1) is 6.04 Å². The standard InChI is InChI=1S/C12H24N2O/c1-4-9-14(10(2)11(3)15)12-5-7-13-8-6-12/h10,12-13H,4-9H2,1-3H3. The van der Waals surface area contributed by atoms with Gasteiger partial charge in [0.1, 0.15) is 5.78 Å². The van der Waals surface area contributed by atoms with Crippen LogP contribution in [-0.2, 0) is 4.79 Å². The molecular formula is C12H24N2O. The van der Waals surface area contributed by atoms with Crippen LogP contribution in [0, 0.1) is 0 Å². The Balaban J connectivity index is 2.58. The molecule has 0 aromatic carbocycles. The zero-order valence-electron chi connectivity index (χ0n) is 10.3. The molecular weight excluding hydrogens is 188 g/mol. The van der Waals surface area contributed by atoms with Gasteiger partial charge >= 0.3 is 0 Å². The van der Waals surface area contributed by atoms with Gasteiger partial charge in [0.2, 0.25) is 0 Å². The summed E-state index contributed by atoms with van der Waals surface area (Å²) in [6, 6.07) is 0.693. The molecule has 1 fully saturated rings. The fourth-order valence-electron chi connectivity index (χ4n) is 2.32. The van der Waals surface area contributed by atoms with Crippen molar-refractivity contribution in [3.05, 3.63) is 0 Å². The molecule has 1 aliphatic rings. The Kier molecular flexibility index (Phi) is 5.26. The van der Waals surface area contributed by atoms with E-state index >= 15 is 0 Å². The third kappa shape index (κ3) is 3.58. The predicted molar refractivity (Wildman–Crippen MR) is 63.0 cm³/mol. The van der Waals surface area contributed by atoms with Gasteiger partial charge in [0.25, 0.3) is 0 Å². The first kappa shape index (κ1) is 12.7. The molecule has 1 unspecified atom stereocenters. The van der Waals surface area contributed by atoms with E-state index in [4.69, 9.17) is 0 Å². The predicted octanol–water partition coefficient (Wildman–Crippen LogP) is 1.43. The summed E-state index contributed by atoms with van der Waals surface area (Å²) in [5, 5.41) is 3.37. The van der Waals surface area contributed by atoms with Crippen molar-refractivity contribution >= 4 is 5.78 Å². The van der Waals surface area contributed by atoms with Gasteiger partial charge in [-0.05, 0) is 52.7 Å². The first-order valence-corrected chi connectivity index (χ1v) is 6.13. The van der Waals surface area contributed by atoms with Crippen LogP contribution in [0.1, 0.15) is 40.0 Å². The van der Waals surface area contributed by atoms with Crippen LogP contribution < -0.4 is 5.32 Å². The number of piperidine rings is 1. The summed E-state index contributed by atoms with van der Waals surface area (Å²) in [6.07, 6.45) is 3.48. The zero-order chi connectivity index (χ0) is 11.3. The maximum Gasteiger partial charge on any atom is 0.146 e. The first-order valence-electron chi connectivity index (χ1n) is 6.13. The van der Waals surface area contributed by atoms with Gasteiger partial charge in [-0.3, -0.25) is 9.69 Å². The SMILES string of the molecule is CCCN(C1CCNCC1)C(C)C(C)=O. The number of carbonyl (C=O) groups excluding carboxylic acids is 1. The van der Waals surface area contributed by atoms with E-state index in [0.29, 0.717) is 11.8 Å². The van der Waals surface area contributed by atoms with E-state index in [9.17, 15) is 4.79 Å². The number of ketones is 1. The molecule has 0 aromatic rings. The highest BCUT2D eigenvalue weighted by Gasteiger charge is 2.26. The minimum Gasteiger partial charge on any atom is -0.317 e. The first-order chi connectivity index (χ1) is 7.16. The largest absolute Gasteiger partial charge is 0.317 e. The van der Waals surface area contributed by atoms with E-state index in [1.165, 1.54) is 12.8 Å². The number of nitrogens with one attached hydrogen (secondary N) is 1. The summed E-state index contributed by atoms with van der Waals surface area (Å²) >= 11 is 0. The third-order valence-electron chi connectivity index (χ3n) is 3.35. The van der Waals surface area contributed by atoms with Gasteiger partial charge in [0.15, 0.2) is 0 Å². The fourth-order valence-corrected chi connectivity index (χ4v) is 2.32. The fraction of sp³-hybridized carbons (Fsp3) is 0.917. The Morgan fingerprint density at radius 1 is 1.47 bits per heavy atom. The quantitative estimate of drug-likeness (QED) is 0.748. The Labute approximate surface area is 93.2 Å². The lowest BCUT2D eigenvalue weighted by Crippen LogP contribution is -2.49. The highest BCUT2D eigenvalue weighted by Crippen LogP contribution is 2.16. The molecule has 0 saturated carbocycles. The van der Waals surface area contributed by atoms with Crippen molar-refractivity contribution in [1.82, 2.24) is 10.2 Å². The van der Waals surface area contributed by atoms with Gasteiger partial charge < -0.3 is 5.32 Å². The average molecular weight is 212 g/mol. The highest BCUT2D eigenvalue weighted by molar-refractivity contribution is 5.80. The third-order valence-corrected chi connectivity index (χ3v) is 3.35. The Morgan fingerprint density at radius 3 is 2.53 bits per heavy atom. The van der Waals surface area contributed by atoms with Crippen molar-refractivity contribution < 1.29 is 4.79 Å². The lowest BCUT2D eigenvalue weighted by atomic mass is 10.0. The molecule has 0 radical (unpaired) electrons. The number of Topliss-reactive ketones (excluding diaryl/α,β-unsaturated/α-hetero) is 1. The van der Waals surface area contributed by atoms with E-state index in [-0.39, 0.29) is 6.04 Å². The van der Waals surface area contributed by atoms with Crippen LogP contribution >= 0.6 is 0 Å². The number of nitrogens with zero attached hydrogens (tertiary/aromatic N) is 1. The van der Waals surface area contributed by atoms with Gasteiger partial charge in [-0.15, -0.1) is 0 Å². The van der Waals surface area contributed by atoms with Gasteiger partial charge in [-0.1, -0.05) is 6.92 Å². The minimum absolute atomic E-state index is 0.0908. The Morgan fingerprint density at radius 2 is 2.07 bits per heavy atom. The molecule has 1 aliphatic heterocycles. The van der Waals surface area contributed by atoms with Crippen LogP contribution in [0.3, 0.4) is 0 Å². The number of rotatable bonds is 5. The second-order valence-corrected chi connectivity index (χ2v) is 4.51. The highest BCUT2D eigenvalue weighted by atomic mass is 16.1. The van der Waals surface area contributed by atoms with E-state index in [1.807, 2.05) is 6.92 Å². The monoisotopic (exact) mass is 212 g/mol. The van der Waals surface area contributed by atoms with Gasteiger partial charge in [-0.2, -0.15) is 0 Å². The second-order valence-electron chi connectivity index (χ2n) is 4.51. The van der Waals surface area contributed by atoms with Crippen molar-refractivity contribution in [2.24, 2.45) is 0 Å². The molecule has 1 rings (SSSR count). The van der Waals surface area contributed by atoms with E-state index < -0.39 is 0 Å². The topological polar surface area (TPSA) is 32.3 Å². The van der Waals surface area contributed by atoms with E-state index in [1.54, 1.807) is 6.92 Å². The Hall–Kier alpha value is -0.410.